The zero-order valence-corrected chi connectivity index (χ0v) is 21.9. The normalized spacial score (nSPS) is 15.4. The number of nitrogens with two attached hydrogens (primary N) is 1. The molecule has 0 spiro atoms. The Balaban J connectivity index is 1.73. The lowest BCUT2D eigenvalue weighted by atomic mass is 10.1. The number of aromatic nitrogens is 1. The van der Waals surface area contributed by atoms with Gasteiger partial charge < -0.3 is 24.9 Å². The Morgan fingerprint density at radius 3 is 2.59 bits per heavy atom. The van der Waals surface area contributed by atoms with Crippen molar-refractivity contribution in [2.24, 2.45) is 10.9 Å². The molecule has 0 atom stereocenters. The van der Waals surface area contributed by atoms with Crippen molar-refractivity contribution in [2.45, 2.75) is 33.2 Å². The fourth-order valence-corrected chi connectivity index (χ4v) is 4.47. The average Bonchev–Trinajstić information content (AvgIpc) is 2.91. The second kappa shape index (κ2) is 12.1. The molecule has 3 aromatic rings. The van der Waals surface area contributed by atoms with Crippen molar-refractivity contribution >= 4 is 22.4 Å². The number of piperazine rings is 1. The molecule has 0 unspecified atom stereocenters. The molecule has 0 radical (unpaired) electrons. The standard InChI is InChI=1S/C29H36FN5O2/c1-4-21(2)11-17-37-32-29(31)24-20-35(12-10-22-8-6-5-7-9-22)26-19-27(25(30)18-23(26)28(24)36)34-15-13-33(3)14-16-34/h4-9,18-20H,10-17H2,1-3H3,(H2,31,32)/b21-4+. The number of fused-ring (bicyclic) bond motifs is 1. The number of aryl methyl sites for hydroxylation is 2. The number of hydrogen-bond acceptors (Lipinski definition) is 5. The largest absolute Gasteiger partial charge is 0.394 e. The maximum Gasteiger partial charge on any atom is 0.200 e. The maximum absolute atomic E-state index is 15.4. The minimum Gasteiger partial charge on any atom is -0.394 e. The Labute approximate surface area is 217 Å². The Bertz CT molecular complexity index is 1340. The van der Waals surface area contributed by atoms with Crippen molar-refractivity contribution in [3.05, 3.63) is 87.5 Å². The molecule has 37 heavy (non-hydrogen) atoms. The van der Waals surface area contributed by atoms with Gasteiger partial charge in [0.15, 0.2) is 5.84 Å². The fraction of sp³-hybridized carbons (Fsp3) is 0.379. The van der Waals surface area contributed by atoms with Crippen LogP contribution >= 0.6 is 0 Å². The molecule has 196 valence electrons. The third kappa shape index (κ3) is 6.38. The van der Waals surface area contributed by atoms with E-state index in [1.807, 2.05) is 47.6 Å². The van der Waals surface area contributed by atoms with Gasteiger partial charge in [0.25, 0.3) is 0 Å². The molecule has 1 aliphatic heterocycles. The number of benzene rings is 2. The van der Waals surface area contributed by atoms with Crippen LogP contribution < -0.4 is 16.1 Å². The van der Waals surface area contributed by atoms with Gasteiger partial charge in [-0.2, -0.15) is 0 Å². The molecular weight excluding hydrogens is 469 g/mol. The fourth-order valence-electron chi connectivity index (χ4n) is 4.47. The van der Waals surface area contributed by atoms with Gasteiger partial charge in [-0.15, -0.1) is 0 Å². The first-order chi connectivity index (χ1) is 17.9. The molecule has 0 amide bonds. The van der Waals surface area contributed by atoms with Crippen LogP contribution in [-0.2, 0) is 17.8 Å². The molecule has 4 rings (SSSR count). The summed E-state index contributed by atoms with van der Waals surface area (Å²) in [7, 11) is 2.06. The summed E-state index contributed by atoms with van der Waals surface area (Å²) in [5.41, 5.74) is 9.59. The van der Waals surface area contributed by atoms with Gasteiger partial charge in [0.2, 0.25) is 5.43 Å². The smallest absolute Gasteiger partial charge is 0.200 e. The second-order valence-electron chi connectivity index (χ2n) is 9.61. The molecule has 1 fully saturated rings. The van der Waals surface area contributed by atoms with Crippen LogP contribution in [-0.4, -0.2) is 55.1 Å². The van der Waals surface area contributed by atoms with E-state index in [0.29, 0.717) is 30.8 Å². The van der Waals surface area contributed by atoms with E-state index in [4.69, 9.17) is 10.6 Å². The molecule has 2 aromatic carbocycles. The van der Waals surface area contributed by atoms with Crippen molar-refractivity contribution in [2.75, 3.05) is 44.7 Å². The Morgan fingerprint density at radius 1 is 1.16 bits per heavy atom. The first kappa shape index (κ1) is 26.4. The number of rotatable bonds is 9. The summed E-state index contributed by atoms with van der Waals surface area (Å²) < 4.78 is 17.3. The summed E-state index contributed by atoms with van der Waals surface area (Å²) >= 11 is 0. The number of hydrogen-bond donors (Lipinski definition) is 1. The minimum atomic E-state index is -0.408. The molecule has 2 N–H and O–H groups in total. The van der Waals surface area contributed by atoms with Crippen LogP contribution in [0.3, 0.4) is 0 Å². The van der Waals surface area contributed by atoms with E-state index >= 15 is 4.39 Å². The van der Waals surface area contributed by atoms with E-state index in [2.05, 4.69) is 29.2 Å². The monoisotopic (exact) mass is 505 g/mol. The molecule has 8 heteroatoms. The molecule has 1 saturated heterocycles. The maximum atomic E-state index is 15.4. The molecule has 2 heterocycles. The van der Waals surface area contributed by atoms with E-state index in [9.17, 15) is 4.79 Å². The van der Waals surface area contributed by atoms with Gasteiger partial charge in [-0.25, -0.2) is 4.39 Å². The topological polar surface area (TPSA) is 76.1 Å². The zero-order valence-electron chi connectivity index (χ0n) is 21.9. The third-order valence-electron chi connectivity index (χ3n) is 7.00. The number of pyridine rings is 1. The summed E-state index contributed by atoms with van der Waals surface area (Å²) in [6.07, 6.45) is 5.19. The van der Waals surface area contributed by atoms with Crippen LogP contribution in [0.5, 0.6) is 0 Å². The Kier molecular flexibility index (Phi) is 8.61. The quantitative estimate of drug-likeness (QED) is 0.156. The number of oxime groups is 1. The summed E-state index contributed by atoms with van der Waals surface area (Å²) in [5, 5.41) is 4.28. The average molecular weight is 506 g/mol. The molecule has 0 aliphatic carbocycles. The van der Waals surface area contributed by atoms with Crippen molar-refractivity contribution < 1.29 is 9.23 Å². The van der Waals surface area contributed by atoms with Crippen molar-refractivity contribution in [3.63, 3.8) is 0 Å². The van der Waals surface area contributed by atoms with Gasteiger partial charge in [-0.05, 0) is 45.0 Å². The highest BCUT2D eigenvalue weighted by Crippen LogP contribution is 2.26. The number of nitrogens with zero attached hydrogens (tertiary/aromatic N) is 4. The van der Waals surface area contributed by atoms with Gasteiger partial charge in [0, 0.05) is 50.7 Å². The lowest BCUT2D eigenvalue weighted by Gasteiger charge is -2.34. The molecule has 1 aliphatic rings. The number of allylic oxidation sites excluding steroid dienone is 1. The van der Waals surface area contributed by atoms with Crippen molar-refractivity contribution in [3.8, 4) is 0 Å². The highest BCUT2D eigenvalue weighted by atomic mass is 19.1. The van der Waals surface area contributed by atoms with Crippen LogP contribution in [0.4, 0.5) is 10.1 Å². The van der Waals surface area contributed by atoms with E-state index < -0.39 is 5.82 Å². The SMILES string of the molecule is C/C=C(\C)CCO/N=C(\N)c1cn(CCc2ccccc2)c2cc(N3CCN(C)CC3)c(F)cc2c1=O. The van der Waals surface area contributed by atoms with Gasteiger partial charge in [-0.3, -0.25) is 4.79 Å². The number of amidine groups is 1. The molecule has 0 saturated carbocycles. The Morgan fingerprint density at radius 2 is 1.89 bits per heavy atom. The molecular formula is C29H36FN5O2. The zero-order chi connectivity index (χ0) is 26.4. The summed E-state index contributed by atoms with van der Waals surface area (Å²) in [6.45, 7) is 8.11. The number of anilines is 1. The predicted molar refractivity (Wildman–Crippen MR) is 149 cm³/mol. The van der Waals surface area contributed by atoms with Gasteiger partial charge >= 0.3 is 0 Å². The number of likely N-dealkylation sites (N-methyl/N-ethyl adjacent to an activating group) is 1. The predicted octanol–water partition coefficient (Wildman–Crippen LogP) is 4.13. The number of halogens is 1. The summed E-state index contributed by atoms with van der Waals surface area (Å²) in [4.78, 5) is 23.1. The molecule has 7 nitrogen and oxygen atoms in total. The van der Waals surface area contributed by atoms with Crippen LogP contribution in [0.25, 0.3) is 10.9 Å². The summed E-state index contributed by atoms with van der Waals surface area (Å²) in [5.74, 6) is -0.420. The second-order valence-corrected chi connectivity index (χ2v) is 9.61. The van der Waals surface area contributed by atoms with Gasteiger partial charge in [0.1, 0.15) is 12.4 Å². The van der Waals surface area contributed by atoms with E-state index in [0.717, 1.165) is 32.6 Å². The van der Waals surface area contributed by atoms with Gasteiger partial charge in [-0.1, -0.05) is 47.1 Å². The van der Waals surface area contributed by atoms with Crippen molar-refractivity contribution in [1.82, 2.24) is 9.47 Å². The lowest BCUT2D eigenvalue weighted by Crippen LogP contribution is -2.44. The first-order valence-electron chi connectivity index (χ1n) is 12.8. The lowest BCUT2D eigenvalue weighted by molar-refractivity contribution is 0.147. The highest BCUT2D eigenvalue weighted by molar-refractivity contribution is 6.00. The Hall–Kier alpha value is -3.65. The van der Waals surface area contributed by atoms with Crippen molar-refractivity contribution in [1.29, 1.82) is 0 Å². The van der Waals surface area contributed by atoms with Crippen LogP contribution in [0, 0.1) is 5.82 Å². The van der Waals surface area contributed by atoms with E-state index in [-0.39, 0.29) is 22.2 Å². The third-order valence-corrected chi connectivity index (χ3v) is 7.00. The van der Waals surface area contributed by atoms with E-state index in [1.54, 1.807) is 12.3 Å². The van der Waals surface area contributed by atoms with Crippen LogP contribution in [0.2, 0.25) is 0 Å². The molecule has 1 aromatic heterocycles. The van der Waals surface area contributed by atoms with Gasteiger partial charge in [0.05, 0.1) is 16.8 Å². The minimum absolute atomic E-state index is 0.0120. The van der Waals surface area contributed by atoms with Crippen LogP contribution in [0.1, 0.15) is 31.4 Å². The van der Waals surface area contributed by atoms with Crippen LogP contribution in [0.15, 0.2) is 70.3 Å². The van der Waals surface area contributed by atoms with E-state index in [1.165, 1.54) is 17.2 Å². The highest BCUT2D eigenvalue weighted by Gasteiger charge is 2.21. The summed E-state index contributed by atoms with van der Waals surface area (Å²) in [6, 6.07) is 13.3. The first-order valence-corrected chi connectivity index (χ1v) is 12.8. The molecule has 0 bridgehead atoms.